The molecule has 0 unspecified atom stereocenters. The number of aryl methyl sites for hydroxylation is 6. The highest BCUT2D eigenvalue weighted by molar-refractivity contribution is 9.11. The number of aromatic nitrogens is 4. The maximum Gasteiger partial charge on any atom is 0.0486 e. The zero-order chi connectivity index (χ0) is 40.6. The maximum atomic E-state index is 3.95. The molecule has 8 heteroatoms. The van der Waals surface area contributed by atoms with Gasteiger partial charge in [0.2, 0.25) is 0 Å². The van der Waals surface area contributed by atoms with Gasteiger partial charge in [-0.1, -0.05) is 111 Å². The Morgan fingerprint density at radius 1 is 0.310 bits per heavy atom. The predicted molar refractivity (Wildman–Crippen MR) is 253 cm³/mol. The fraction of sp³-hybridized carbons (Fsp3) is 0.120. The maximum absolute atomic E-state index is 3.95. The summed E-state index contributed by atoms with van der Waals surface area (Å²) in [5.41, 5.74) is 20.2. The summed E-state index contributed by atoms with van der Waals surface area (Å²) >= 11 is 15.8. The molecule has 288 valence electrons. The average Bonchev–Trinajstić information content (AvgIpc) is 4.00. The van der Waals surface area contributed by atoms with Crippen LogP contribution >= 0.6 is 63.7 Å². The summed E-state index contributed by atoms with van der Waals surface area (Å²) in [5, 5.41) is 4.01. The van der Waals surface area contributed by atoms with Crippen molar-refractivity contribution in [1.82, 2.24) is 19.9 Å². The Labute approximate surface area is 371 Å². The topological polar surface area (TPSA) is 63.2 Å². The van der Waals surface area contributed by atoms with Crippen LogP contribution in [0.4, 0.5) is 0 Å². The fourth-order valence-electron chi connectivity index (χ4n) is 9.03. The quantitative estimate of drug-likeness (QED) is 0.136. The second-order valence-electron chi connectivity index (χ2n) is 15.4. The molecule has 58 heavy (non-hydrogen) atoms. The van der Waals surface area contributed by atoms with Crippen molar-refractivity contribution < 1.29 is 0 Å². The van der Waals surface area contributed by atoms with Crippen LogP contribution in [0.1, 0.15) is 78.4 Å². The molecule has 0 saturated heterocycles. The Hall–Kier alpha value is -4.60. The van der Waals surface area contributed by atoms with Gasteiger partial charge in [0.25, 0.3) is 0 Å². The van der Waals surface area contributed by atoms with Crippen molar-refractivity contribution in [2.75, 3.05) is 0 Å². The van der Waals surface area contributed by atoms with E-state index >= 15 is 0 Å². The molecule has 0 fully saturated rings. The fourth-order valence-corrected chi connectivity index (χ4v) is 11.8. The molecule has 0 aliphatic carbocycles. The van der Waals surface area contributed by atoms with Gasteiger partial charge in [0, 0.05) is 95.5 Å². The lowest BCUT2D eigenvalue weighted by Crippen LogP contribution is -2.20. The summed E-state index contributed by atoms with van der Waals surface area (Å²) in [6.45, 7) is 13.2. The van der Waals surface area contributed by atoms with E-state index in [1.807, 2.05) is 0 Å². The molecule has 1 aliphatic rings. The van der Waals surface area contributed by atoms with E-state index in [-0.39, 0.29) is 0 Å². The van der Waals surface area contributed by atoms with Crippen LogP contribution in [-0.4, -0.2) is 19.9 Å². The minimum absolute atomic E-state index is 0.991. The van der Waals surface area contributed by atoms with Crippen molar-refractivity contribution in [1.29, 1.82) is 0 Å². The van der Waals surface area contributed by atoms with E-state index in [0.717, 1.165) is 95.5 Å². The van der Waals surface area contributed by atoms with E-state index in [2.05, 4.69) is 234 Å². The molecular weight excluding hydrogens is 976 g/mol. The minimum Gasteiger partial charge on any atom is -0.354 e. The zero-order valence-corrected chi connectivity index (χ0v) is 39.2. The lowest BCUT2D eigenvalue weighted by atomic mass is 9.92. The summed E-state index contributed by atoms with van der Waals surface area (Å²) in [7, 11) is 0. The van der Waals surface area contributed by atoms with E-state index in [1.165, 1.54) is 44.5 Å². The number of hydrogen-bond acceptors (Lipinski definition) is 0. The van der Waals surface area contributed by atoms with Crippen molar-refractivity contribution in [2.24, 2.45) is 0 Å². The van der Waals surface area contributed by atoms with Crippen LogP contribution in [0.5, 0.6) is 0 Å². The van der Waals surface area contributed by atoms with Gasteiger partial charge in [0.05, 0.1) is 0 Å². The van der Waals surface area contributed by atoms with E-state index in [1.54, 1.807) is 0 Å². The van der Waals surface area contributed by atoms with E-state index in [0.29, 0.717) is 0 Å². The predicted octanol–water partition coefficient (Wildman–Crippen LogP) is 11.2. The minimum atomic E-state index is 0.991. The first-order valence-corrected chi connectivity index (χ1v) is 22.4. The van der Waals surface area contributed by atoms with Crippen LogP contribution in [0, 0.1) is 41.5 Å². The Morgan fingerprint density at radius 2 is 0.569 bits per heavy atom. The van der Waals surface area contributed by atoms with Crippen LogP contribution < -0.4 is 21.4 Å². The molecule has 8 aromatic rings. The molecule has 5 heterocycles. The Morgan fingerprint density at radius 3 is 0.845 bits per heavy atom. The van der Waals surface area contributed by atoms with Crippen LogP contribution in [-0.2, 0) is 0 Å². The SMILES string of the molecule is Cc1cc(C)c(C2=c3ccc([nH]3)=C(c3c(Br)cccc3Br)c3ccc([nH]3)C(c3c(C)cc(C)cc3C)=c3ccc([nH]3)=C(c3c(Br)cccc3Br)c3ccc2[nH]3)c(C)c1. The molecule has 0 spiro atoms. The molecule has 0 radical (unpaired) electrons. The summed E-state index contributed by atoms with van der Waals surface area (Å²) < 4.78 is 3.97. The van der Waals surface area contributed by atoms with Crippen molar-refractivity contribution in [3.05, 3.63) is 227 Å². The molecule has 4 nitrogen and oxygen atoms in total. The summed E-state index contributed by atoms with van der Waals surface area (Å²) in [6.07, 6.45) is 0. The van der Waals surface area contributed by atoms with Crippen molar-refractivity contribution in [3.8, 4) is 0 Å². The summed E-state index contributed by atoms with van der Waals surface area (Å²) in [5.74, 6) is 0. The van der Waals surface area contributed by atoms with E-state index in [9.17, 15) is 0 Å². The summed E-state index contributed by atoms with van der Waals surface area (Å²) in [6, 6.07) is 39.4. The molecule has 9 rings (SSSR count). The van der Waals surface area contributed by atoms with Gasteiger partial charge in [-0.15, -0.1) is 0 Å². The molecule has 4 N–H and O–H groups in total. The van der Waals surface area contributed by atoms with Crippen molar-refractivity contribution in [2.45, 2.75) is 41.5 Å². The van der Waals surface area contributed by atoms with E-state index < -0.39 is 0 Å². The monoisotopic (exact) mass is 1010 g/mol. The van der Waals surface area contributed by atoms with Crippen LogP contribution in [0.3, 0.4) is 0 Å². The molecule has 0 saturated carbocycles. The van der Waals surface area contributed by atoms with Gasteiger partial charge < -0.3 is 19.9 Å². The van der Waals surface area contributed by atoms with Gasteiger partial charge >= 0.3 is 0 Å². The molecule has 4 aromatic heterocycles. The highest BCUT2D eigenvalue weighted by atomic mass is 79.9. The third-order valence-corrected chi connectivity index (χ3v) is 13.8. The van der Waals surface area contributed by atoms with Gasteiger partial charge in [-0.3, -0.25) is 0 Å². The largest absolute Gasteiger partial charge is 0.354 e. The van der Waals surface area contributed by atoms with Gasteiger partial charge in [0.15, 0.2) is 0 Å². The average molecular weight is 1020 g/mol. The summed E-state index contributed by atoms with van der Waals surface area (Å²) in [4.78, 5) is 15.8. The highest BCUT2D eigenvalue weighted by Gasteiger charge is 2.23. The molecule has 8 bridgehead atoms. The first-order chi connectivity index (χ1) is 27.9. The van der Waals surface area contributed by atoms with Crippen LogP contribution in [0.25, 0.3) is 22.3 Å². The lowest BCUT2D eigenvalue weighted by Gasteiger charge is -2.16. The second-order valence-corrected chi connectivity index (χ2v) is 18.8. The Bertz CT molecular complexity index is 2940. The number of hydrogen-bond donors (Lipinski definition) is 4. The molecule has 1 aliphatic heterocycles. The zero-order valence-electron chi connectivity index (χ0n) is 32.9. The van der Waals surface area contributed by atoms with Crippen molar-refractivity contribution >= 4 is 86.0 Å². The molecule has 0 amide bonds. The molecular formula is C50H40Br4N4. The van der Waals surface area contributed by atoms with Crippen LogP contribution in [0.15, 0.2) is 127 Å². The standard InChI is InChI=1S/C50H40Br4N4/c1-25-21-27(3)43(28(4)22-25)47-35-13-17-39(55-35)49(45-31(51)9-7-10-32(45)52)41-19-15-37(57-41)48(44-29(5)23-26(2)24-30(44)6)38-16-20-42(58-38)50(40-18-14-36(47)56-40)46-33(53)11-8-12-34(46)54/h7-24,55-58H,1-6H3. The van der Waals surface area contributed by atoms with E-state index in [4.69, 9.17) is 0 Å². The number of nitrogens with one attached hydrogen (secondary N) is 4. The van der Waals surface area contributed by atoms with Crippen molar-refractivity contribution in [3.63, 3.8) is 0 Å². The Kier molecular flexibility index (Phi) is 10.2. The van der Waals surface area contributed by atoms with Gasteiger partial charge in [-0.25, -0.2) is 0 Å². The third kappa shape index (κ3) is 6.72. The van der Waals surface area contributed by atoms with Crippen LogP contribution in [0.2, 0.25) is 0 Å². The molecule has 4 aromatic carbocycles. The number of H-pyrrole nitrogens is 4. The first kappa shape index (κ1) is 38.9. The molecule has 0 atom stereocenters. The van der Waals surface area contributed by atoms with Gasteiger partial charge in [0.1, 0.15) is 0 Å². The number of fused-ring (bicyclic) bond motifs is 8. The number of halogens is 4. The van der Waals surface area contributed by atoms with Gasteiger partial charge in [-0.2, -0.15) is 0 Å². The first-order valence-electron chi connectivity index (χ1n) is 19.2. The Balaban J connectivity index is 1.50. The smallest absolute Gasteiger partial charge is 0.0486 e. The highest BCUT2D eigenvalue weighted by Crippen LogP contribution is 2.37. The number of benzene rings is 4. The lowest BCUT2D eigenvalue weighted by molar-refractivity contribution is 1.17. The number of aromatic amines is 4. The third-order valence-electron chi connectivity index (χ3n) is 11.2. The van der Waals surface area contributed by atoms with Gasteiger partial charge in [-0.05, 0) is 148 Å². The normalized spacial score (nSPS) is 12.9. The second kappa shape index (κ2) is 15.2. The number of rotatable bonds is 4.